The molecule has 0 bridgehead atoms. The van der Waals surface area contributed by atoms with Crippen molar-refractivity contribution in [2.75, 3.05) is 6.61 Å². The summed E-state index contributed by atoms with van der Waals surface area (Å²) in [5.74, 6) is -0.967. The van der Waals surface area contributed by atoms with E-state index in [9.17, 15) is 4.79 Å². The second-order valence-corrected chi connectivity index (χ2v) is 3.14. The van der Waals surface area contributed by atoms with Gasteiger partial charge >= 0.3 is 5.97 Å². The van der Waals surface area contributed by atoms with E-state index in [4.69, 9.17) is 9.84 Å². The van der Waals surface area contributed by atoms with Crippen molar-refractivity contribution in [3.63, 3.8) is 0 Å². The highest BCUT2D eigenvalue weighted by molar-refractivity contribution is 5.78. The Balaban J connectivity index is 3.06. The lowest BCUT2D eigenvalue weighted by Gasteiger charge is -2.24. The SMILES string of the molecule is CCO[C@](C)(C(=O)O)c1ccccc1. The molecule has 0 heterocycles. The summed E-state index contributed by atoms with van der Waals surface area (Å²) in [6.07, 6.45) is 0. The average molecular weight is 194 g/mol. The van der Waals surface area contributed by atoms with Crippen LogP contribution in [0.3, 0.4) is 0 Å². The molecule has 1 atom stereocenters. The first-order chi connectivity index (χ1) is 6.61. The lowest BCUT2D eigenvalue weighted by Crippen LogP contribution is -2.35. The Labute approximate surface area is 83.3 Å². The maximum atomic E-state index is 11.1. The van der Waals surface area contributed by atoms with E-state index in [-0.39, 0.29) is 0 Å². The molecule has 0 saturated heterocycles. The van der Waals surface area contributed by atoms with E-state index in [1.54, 1.807) is 38.1 Å². The van der Waals surface area contributed by atoms with Crippen LogP contribution in [0.1, 0.15) is 19.4 Å². The Morgan fingerprint density at radius 3 is 2.43 bits per heavy atom. The lowest BCUT2D eigenvalue weighted by atomic mass is 9.96. The van der Waals surface area contributed by atoms with Gasteiger partial charge in [-0.3, -0.25) is 0 Å². The predicted octanol–water partition coefficient (Wildman–Crippen LogP) is 2.02. The van der Waals surface area contributed by atoms with Gasteiger partial charge in [-0.15, -0.1) is 0 Å². The van der Waals surface area contributed by atoms with Crippen LogP contribution in [0.15, 0.2) is 30.3 Å². The summed E-state index contributed by atoms with van der Waals surface area (Å²) in [6, 6.07) is 8.95. The Morgan fingerprint density at radius 2 is 2.00 bits per heavy atom. The minimum Gasteiger partial charge on any atom is -0.479 e. The molecule has 1 rings (SSSR count). The molecule has 1 aromatic carbocycles. The lowest BCUT2D eigenvalue weighted by molar-refractivity contribution is -0.164. The number of benzene rings is 1. The minimum absolute atomic E-state index is 0.373. The van der Waals surface area contributed by atoms with E-state index in [2.05, 4.69) is 0 Å². The number of carboxylic acid groups (broad SMARTS) is 1. The molecule has 0 aromatic heterocycles. The molecule has 0 spiro atoms. The van der Waals surface area contributed by atoms with Gasteiger partial charge in [0.05, 0.1) is 0 Å². The van der Waals surface area contributed by atoms with Gasteiger partial charge in [-0.2, -0.15) is 0 Å². The smallest absolute Gasteiger partial charge is 0.340 e. The number of carboxylic acids is 1. The van der Waals surface area contributed by atoms with Gasteiger partial charge in [0.2, 0.25) is 0 Å². The van der Waals surface area contributed by atoms with Gasteiger partial charge < -0.3 is 9.84 Å². The third-order valence-electron chi connectivity index (χ3n) is 2.17. The number of hydrogen-bond acceptors (Lipinski definition) is 2. The molecule has 1 aromatic rings. The summed E-state index contributed by atoms with van der Waals surface area (Å²) < 4.78 is 5.28. The number of rotatable bonds is 4. The maximum absolute atomic E-state index is 11.1. The second-order valence-electron chi connectivity index (χ2n) is 3.14. The Morgan fingerprint density at radius 1 is 1.43 bits per heavy atom. The van der Waals surface area contributed by atoms with Crippen LogP contribution in [0.4, 0.5) is 0 Å². The zero-order valence-corrected chi connectivity index (χ0v) is 8.36. The van der Waals surface area contributed by atoms with Crippen LogP contribution >= 0.6 is 0 Å². The summed E-state index contributed by atoms with van der Waals surface area (Å²) in [7, 11) is 0. The van der Waals surface area contributed by atoms with Crippen molar-refractivity contribution in [2.45, 2.75) is 19.4 Å². The first-order valence-corrected chi connectivity index (χ1v) is 4.54. The fourth-order valence-electron chi connectivity index (χ4n) is 1.31. The van der Waals surface area contributed by atoms with Crippen molar-refractivity contribution in [3.05, 3.63) is 35.9 Å². The van der Waals surface area contributed by atoms with Crippen LogP contribution < -0.4 is 0 Å². The summed E-state index contributed by atoms with van der Waals surface area (Å²) in [5, 5.41) is 9.09. The highest BCUT2D eigenvalue weighted by Gasteiger charge is 2.35. The van der Waals surface area contributed by atoms with E-state index >= 15 is 0 Å². The topological polar surface area (TPSA) is 46.5 Å². The Kier molecular flexibility index (Phi) is 3.25. The Bertz CT molecular complexity index is 308. The van der Waals surface area contributed by atoms with Crippen LogP contribution in [-0.4, -0.2) is 17.7 Å². The number of hydrogen-bond donors (Lipinski definition) is 1. The van der Waals surface area contributed by atoms with Gasteiger partial charge in [0.15, 0.2) is 5.60 Å². The molecule has 0 fully saturated rings. The zero-order chi connectivity index (χ0) is 10.6. The molecule has 0 aliphatic heterocycles. The molecule has 0 unspecified atom stereocenters. The molecule has 0 radical (unpaired) electrons. The molecular formula is C11H14O3. The summed E-state index contributed by atoms with van der Waals surface area (Å²) in [6.45, 7) is 3.72. The highest BCUT2D eigenvalue weighted by atomic mass is 16.5. The van der Waals surface area contributed by atoms with Crippen molar-refractivity contribution in [1.82, 2.24) is 0 Å². The van der Waals surface area contributed by atoms with Crippen LogP contribution in [0, 0.1) is 0 Å². The van der Waals surface area contributed by atoms with Crippen LogP contribution in [0.25, 0.3) is 0 Å². The maximum Gasteiger partial charge on any atom is 0.340 e. The van der Waals surface area contributed by atoms with Crippen molar-refractivity contribution in [3.8, 4) is 0 Å². The molecule has 0 aliphatic rings. The van der Waals surface area contributed by atoms with Crippen molar-refractivity contribution in [2.24, 2.45) is 0 Å². The largest absolute Gasteiger partial charge is 0.479 e. The molecule has 0 saturated carbocycles. The van der Waals surface area contributed by atoms with E-state index in [1.807, 2.05) is 6.07 Å². The molecule has 14 heavy (non-hydrogen) atoms. The van der Waals surface area contributed by atoms with Gasteiger partial charge in [-0.05, 0) is 19.4 Å². The predicted molar refractivity (Wildman–Crippen MR) is 53.1 cm³/mol. The normalized spacial score (nSPS) is 14.7. The average Bonchev–Trinajstić information content (AvgIpc) is 2.19. The van der Waals surface area contributed by atoms with Crippen LogP contribution in [0.5, 0.6) is 0 Å². The first kappa shape index (κ1) is 10.7. The molecule has 76 valence electrons. The summed E-state index contributed by atoms with van der Waals surface area (Å²) in [5.41, 5.74) is -0.579. The number of carbonyl (C=O) groups is 1. The van der Waals surface area contributed by atoms with Gasteiger partial charge in [0.25, 0.3) is 0 Å². The van der Waals surface area contributed by atoms with Gasteiger partial charge in [-0.1, -0.05) is 30.3 Å². The monoisotopic (exact) mass is 194 g/mol. The fraction of sp³-hybridized carbons (Fsp3) is 0.364. The summed E-state index contributed by atoms with van der Waals surface area (Å²) >= 11 is 0. The standard InChI is InChI=1S/C11H14O3/c1-3-14-11(2,10(12)13)9-7-5-4-6-8-9/h4-8H,3H2,1-2H3,(H,12,13)/t11-/m0/s1. The quantitative estimate of drug-likeness (QED) is 0.797. The Hall–Kier alpha value is -1.35. The molecular weight excluding hydrogens is 180 g/mol. The molecule has 1 N–H and O–H groups in total. The molecule has 3 nitrogen and oxygen atoms in total. The number of aliphatic carboxylic acids is 1. The van der Waals surface area contributed by atoms with Crippen molar-refractivity contribution >= 4 is 5.97 Å². The van der Waals surface area contributed by atoms with Crippen LogP contribution in [-0.2, 0) is 15.1 Å². The van der Waals surface area contributed by atoms with Crippen molar-refractivity contribution < 1.29 is 14.6 Å². The van der Waals surface area contributed by atoms with Crippen molar-refractivity contribution in [1.29, 1.82) is 0 Å². The molecule has 3 heteroatoms. The first-order valence-electron chi connectivity index (χ1n) is 4.54. The second kappa shape index (κ2) is 4.24. The fourth-order valence-corrected chi connectivity index (χ4v) is 1.31. The van der Waals surface area contributed by atoms with Gasteiger partial charge in [-0.25, -0.2) is 4.79 Å². The van der Waals surface area contributed by atoms with E-state index < -0.39 is 11.6 Å². The van der Waals surface area contributed by atoms with E-state index in [0.717, 1.165) is 0 Å². The third-order valence-corrected chi connectivity index (χ3v) is 2.17. The zero-order valence-electron chi connectivity index (χ0n) is 8.36. The van der Waals surface area contributed by atoms with E-state index in [0.29, 0.717) is 12.2 Å². The summed E-state index contributed by atoms with van der Waals surface area (Å²) in [4.78, 5) is 11.1. The van der Waals surface area contributed by atoms with E-state index in [1.165, 1.54) is 0 Å². The number of ether oxygens (including phenoxy) is 1. The van der Waals surface area contributed by atoms with Gasteiger partial charge in [0.1, 0.15) is 0 Å². The van der Waals surface area contributed by atoms with Gasteiger partial charge in [0, 0.05) is 6.61 Å². The molecule has 0 amide bonds. The van der Waals surface area contributed by atoms with Crippen LogP contribution in [0.2, 0.25) is 0 Å². The highest BCUT2D eigenvalue weighted by Crippen LogP contribution is 2.25. The third kappa shape index (κ3) is 1.93. The minimum atomic E-state index is -1.24. The molecule has 0 aliphatic carbocycles.